The Labute approximate surface area is 157 Å². The van der Waals surface area contributed by atoms with E-state index in [-0.39, 0.29) is 56.6 Å². The molecule has 0 atom stereocenters. The third-order valence-corrected chi connectivity index (χ3v) is 2.09. The molecule has 0 radical (unpaired) electrons. The number of unbranched alkanes of at least 4 members (excludes halogenated alkanes) is 2. The van der Waals surface area contributed by atoms with Crippen LogP contribution in [-0.4, -0.2) is 89.9 Å². The van der Waals surface area contributed by atoms with E-state index in [0.717, 1.165) is 38.8 Å². The molecule has 17 heavy (non-hydrogen) atoms. The second-order valence-corrected chi connectivity index (χ2v) is 4.10. The van der Waals surface area contributed by atoms with Crippen LogP contribution in [0.5, 0.6) is 0 Å². The van der Waals surface area contributed by atoms with Crippen molar-refractivity contribution in [1.82, 2.24) is 4.90 Å². The van der Waals surface area contributed by atoms with Gasteiger partial charge in [0.05, 0.1) is 0 Å². The number of rotatable bonds is 6. The summed E-state index contributed by atoms with van der Waals surface area (Å²) in [5.41, 5.74) is 4.40. The Bertz CT molecular complexity index is 195. The topological polar surface area (TPSA) is 69.7 Å². The minimum absolute atomic E-state index is 0. The molecule has 0 aliphatic rings. The van der Waals surface area contributed by atoms with Crippen molar-refractivity contribution in [3.8, 4) is 0 Å². The van der Waals surface area contributed by atoms with Gasteiger partial charge in [0.25, 0.3) is 10.3 Å². The van der Waals surface area contributed by atoms with Crippen LogP contribution in [0.1, 0.15) is 39.5 Å². The molecule has 0 unspecified atom stereocenters. The third-order valence-electron chi connectivity index (χ3n) is 1.83. The zero-order valence-corrected chi connectivity index (χ0v) is 11.6. The standard InChI is InChI=1S/C9H19NOS.CH3NOS.K.H/c1-3-5-7-10(9(11)12)8-6-4-2;2-1(3)4;;/h3-8H2,1-2H3,(H,11,12);(H3,2,3,4);;. The third kappa shape index (κ3) is 22.6. The normalized spacial score (nSPS) is 8.35. The van der Waals surface area contributed by atoms with Crippen LogP contribution in [0.3, 0.4) is 0 Å². The predicted molar refractivity (Wildman–Crippen MR) is 83.2 cm³/mol. The average Bonchev–Trinajstić information content (AvgIpc) is 2.16. The van der Waals surface area contributed by atoms with Crippen LogP contribution < -0.4 is 5.73 Å². The molecule has 7 heteroatoms. The summed E-state index contributed by atoms with van der Waals surface area (Å²) in [5, 5.41) is 16.2. The summed E-state index contributed by atoms with van der Waals surface area (Å²) < 4.78 is 0. The number of nitrogens with zero attached hydrogens (tertiary/aromatic N) is 1. The van der Waals surface area contributed by atoms with E-state index in [4.69, 9.17) is 22.4 Å². The van der Waals surface area contributed by atoms with Gasteiger partial charge in [-0.2, -0.15) is 0 Å². The van der Waals surface area contributed by atoms with E-state index >= 15 is 0 Å². The molecule has 0 saturated carbocycles. The molecule has 0 amide bonds. The molecule has 0 saturated heterocycles. The monoisotopic (exact) mass is 306 g/mol. The summed E-state index contributed by atoms with van der Waals surface area (Å²) >= 11 is 8.60. The molecule has 0 aliphatic heterocycles. The zero-order valence-electron chi connectivity index (χ0n) is 9.98. The summed E-state index contributed by atoms with van der Waals surface area (Å²) in [7, 11) is 0. The Morgan fingerprint density at radius 2 is 1.35 bits per heavy atom. The van der Waals surface area contributed by atoms with Gasteiger partial charge in [0, 0.05) is 13.1 Å². The summed E-state index contributed by atoms with van der Waals surface area (Å²) in [6.45, 7) is 6.06. The molecule has 0 bridgehead atoms. The van der Waals surface area contributed by atoms with Gasteiger partial charge in [-0.3, -0.25) is 0 Å². The van der Waals surface area contributed by atoms with Gasteiger partial charge in [0.2, 0.25) is 0 Å². The SMILES string of the molecule is CCCCN(CCCC)C(O)=S.NC(O)=S.[KH]. The molecule has 0 fully saturated rings. The molecule has 0 rings (SSSR count). The molecule has 0 aromatic rings. The molecular weight excluding hydrogens is 283 g/mol. The summed E-state index contributed by atoms with van der Waals surface area (Å²) in [6.07, 6.45) is 4.49. The number of thiocarbonyl (C=S) groups is 2. The van der Waals surface area contributed by atoms with Crippen LogP contribution in [0.2, 0.25) is 0 Å². The first-order valence-electron chi connectivity index (χ1n) is 5.41. The molecule has 4 nitrogen and oxygen atoms in total. The van der Waals surface area contributed by atoms with E-state index in [0.29, 0.717) is 0 Å². The Kier molecular flexibility index (Phi) is 23.2. The Morgan fingerprint density at radius 3 is 1.53 bits per heavy atom. The van der Waals surface area contributed by atoms with Gasteiger partial charge >= 0.3 is 51.4 Å². The fraction of sp³-hybridized carbons (Fsp3) is 0.800. The average molecular weight is 307 g/mol. The predicted octanol–water partition coefficient (Wildman–Crippen LogP) is 1.87. The van der Waals surface area contributed by atoms with Crippen molar-refractivity contribution in [3.63, 3.8) is 0 Å². The first kappa shape index (κ1) is 23.1. The van der Waals surface area contributed by atoms with E-state index in [9.17, 15) is 0 Å². The van der Waals surface area contributed by atoms with Crippen LogP contribution in [0.4, 0.5) is 0 Å². The van der Waals surface area contributed by atoms with Gasteiger partial charge in [-0.1, -0.05) is 26.7 Å². The molecule has 0 aliphatic carbocycles. The first-order chi connectivity index (χ1) is 7.45. The van der Waals surface area contributed by atoms with Crippen molar-refractivity contribution in [3.05, 3.63) is 0 Å². The number of hydrogen-bond donors (Lipinski definition) is 3. The molecule has 0 spiro atoms. The second kappa shape index (κ2) is 17.0. The van der Waals surface area contributed by atoms with Crippen LogP contribution in [0.15, 0.2) is 0 Å². The van der Waals surface area contributed by atoms with E-state index in [1.165, 1.54) is 0 Å². The molecular formula is C10H23KN2O2S2. The van der Waals surface area contributed by atoms with Gasteiger partial charge < -0.3 is 20.8 Å². The van der Waals surface area contributed by atoms with Crippen molar-refractivity contribution in [2.75, 3.05) is 13.1 Å². The van der Waals surface area contributed by atoms with Gasteiger partial charge in [-0.05, 0) is 37.3 Å². The number of aliphatic hydroxyl groups excluding tert-OH is 2. The van der Waals surface area contributed by atoms with Crippen molar-refractivity contribution in [2.45, 2.75) is 39.5 Å². The molecule has 98 valence electrons. The Hall–Kier alpha value is 1.02. The number of nitrogens with two attached hydrogens (primary N) is 1. The van der Waals surface area contributed by atoms with E-state index in [1.54, 1.807) is 0 Å². The van der Waals surface area contributed by atoms with Crippen molar-refractivity contribution < 1.29 is 10.2 Å². The van der Waals surface area contributed by atoms with Gasteiger partial charge in [-0.15, -0.1) is 0 Å². The summed E-state index contributed by atoms with van der Waals surface area (Å²) in [4.78, 5) is 1.88. The van der Waals surface area contributed by atoms with Crippen molar-refractivity contribution >= 4 is 86.2 Å². The van der Waals surface area contributed by atoms with E-state index in [1.807, 2.05) is 4.90 Å². The quantitative estimate of drug-likeness (QED) is 0.514. The van der Waals surface area contributed by atoms with Crippen LogP contribution in [-0.2, 0) is 0 Å². The fourth-order valence-corrected chi connectivity index (χ4v) is 1.18. The molecule has 4 N–H and O–H groups in total. The maximum atomic E-state index is 9.12. The van der Waals surface area contributed by atoms with Gasteiger partial charge in [0.15, 0.2) is 0 Å². The number of aliphatic hydroxyl groups is 2. The first-order valence-corrected chi connectivity index (χ1v) is 6.23. The summed E-state index contributed by atoms with van der Waals surface area (Å²) in [6, 6.07) is 0. The van der Waals surface area contributed by atoms with E-state index < -0.39 is 5.17 Å². The zero-order chi connectivity index (χ0) is 13.0. The van der Waals surface area contributed by atoms with Crippen LogP contribution in [0.25, 0.3) is 0 Å². The Balaban J connectivity index is -0.000000340. The fourth-order valence-electron chi connectivity index (χ4n) is 1.00. The van der Waals surface area contributed by atoms with Crippen LogP contribution in [0, 0.1) is 0 Å². The molecule has 0 heterocycles. The Morgan fingerprint density at radius 1 is 1.06 bits per heavy atom. The summed E-state index contributed by atoms with van der Waals surface area (Å²) in [5.74, 6) is 0. The molecule has 0 aromatic carbocycles. The minimum atomic E-state index is -0.500. The van der Waals surface area contributed by atoms with Gasteiger partial charge in [0.1, 0.15) is 0 Å². The van der Waals surface area contributed by atoms with E-state index in [2.05, 4.69) is 31.8 Å². The van der Waals surface area contributed by atoms with Crippen molar-refractivity contribution in [2.24, 2.45) is 5.73 Å². The number of hydrogen-bond acceptors (Lipinski definition) is 2. The second-order valence-electron chi connectivity index (χ2n) is 3.31. The van der Waals surface area contributed by atoms with Crippen molar-refractivity contribution in [1.29, 1.82) is 0 Å². The maximum absolute atomic E-state index is 9.12. The van der Waals surface area contributed by atoms with Gasteiger partial charge in [-0.25, -0.2) is 0 Å². The van der Waals surface area contributed by atoms with Crippen LogP contribution >= 0.6 is 24.4 Å². The molecule has 0 aromatic heterocycles.